The summed E-state index contributed by atoms with van der Waals surface area (Å²) in [6, 6.07) is 18.5. The van der Waals surface area contributed by atoms with E-state index in [0.29, 0.717) is 27.8 Å². The van der Waals surface area contributed by atoms with Gasteiger partial charge < -0.3 is 14.5 Å². The normalized spacial score (nSPS) is 10.9. The number of benzene rings is 2. The Hall–Kier alpha value is -3.82. The molecule has 7 heteroatoms. The van der Waals surface area contributed by atoms with Crippen molar-refractivity contribution in [2.75, 3.05) is 12.4 Å². The van der Waals surface area contributed by atoms with Gasteiger partial charge in [0.1, 0.15) is 23.2 Å². The molecule has 144 valence electrons. The summed E-state index contributed by atoms with van der Waals surface area (Å²) in [6.07, 6.45) is 1.36. The highest BCUT2D eigenvalue weighted by Gasteiger charge is 2.12. The maximum Gasteiger partial charge on any atom is 0.337 e. The van der Waals surface area contributed by atoms with Crippen LogP contribution in [-0.2, 0) is 9.53 Å². The van der Waals surface area contributed by atoms with Gasteiger partial charge in [0, 0.05) is 22.3 Å². The van der Waals surface area contributed by atoms with Crippen LogP contribution in [0.1, 0.15) is 16.1 Å². The van der Waals surface area contributed by atoms with Crippen molar-refractivity contribution < 1.29 is 18.7 Å². The number of methoxy groups -OCH3 is 1. The van der Waals surface area contributed by atoms with Crippen LogP contribution in [0.25, 0.3) is 17.4 Å². The van der Waals surface area contributed by atoms with Gasteiger partial charge in [-0.05, 0) is 60.7 Å². The lowest BCUT2D eigenvalue weighted by Gasteiger charge is -2.05. The highest BCUT2D eigenvalue weighted by atomic mass is 35.5. The van der Waals surface area contributed by atoms with Crippen LogP contribution in [-0.4, -0.2) is 19.0 Å². The summed E-state index contributed by atoms with van der Waals surface area (Å²) in [6.45, 7) is 0. The van der Waals surface area contributed by atoms with Crippen LogP contribution < -0.4 is 5.32 Å². The summed E-state index contributed by atoms with van der Waals surface area (Å²) in [4.78, 5) is 23.8. The highest BCUT2D eigenvalue weighted by Crippen LogP contribution is 2.25. The minimum atomic E-state index is -0.595. The first-order chi connectivity index (χ1) is 14.0. The number of esters is 1. The summed E-state index contributed by atoms with van der Waals surface area (Å²) < 4.78 is 10.3. The molecule has 0 aliphatic rings. The minimum Gasteiger partial charge on any atom is -0.465 e. The van der Waals surface area contributed by atoms with Crippen molar-refractivity contribution in [3.8, 4) is 17.4 Å². The topological polar surface area (TPSA) is 92.3 Å². The third-order valence-electron chi connectivity index (χ3n) is 3.97. The molecule has 1 N–H and O–H groups in total. The number of nitrogens with one attached hydrogen (secondary N) is 1. The Bertz CT molecular complexity index is 1110. The van der Waals surface area contributed by atoms with Gasteiger partial charge in [0.05, 0.1) is 12.7 Å². The van der Waals surface area contributed by atoms with E-state index in [0.717, 1.165) is 5.56 Å². The maximum atomic E-state index is 12.4. The number of hydrogen-bond donors (Lipinski definition) is 1. The second-order valence-corrected chi connectivity index (χ2v) is 6.34. The second-order valence-electron chi connectivity index (χ2n) is 5.90. The van der Waals surface area contributed by atoms with Crippen molar-refractivity contribution in [3.05, 3.63) is 82.6 Å². The van der Waals surface area contributed by atoms with Crippen molar-refractivity contribution in [2.24, 2.45) is 0 Å². The zero-order chi connectivity index (χ0) is 20.8. The van der Waals surface area contributed by atoms with Gasteiger partial charge in [-0.2, -0.15) is 5.26 Å². The summed E-state index contributed by atoms with van der Waals surface area (Å²) >= 11 is 5.88. The lowest BCUT2D eigenvalue weighted by Crippen LogP contribution is -2.13. The maximum absolute atomic E-state index is 12.4. The Kier molecular flexibility index (Phi) is 6.12. The number of nitrogens with zero attached hydrogens (tertiary/aromatic N) is 1. The molecule has 0 saturated carbocycles. The predicted molar refractivity (Wildman–Crippen MR) is 109 cm³/mol. The van der Waals surface area contributed by atoms with Gasteiger partial charge in [-0.25, -0.2) is 4.79 Å². The predicted octanol–water partition coefficient (Wildman–Crippen LogP) is 4.93. The highest BCUT2D eigenvalue weighted by molar-refractivity contribution is 6.30. The monoisotopic (exact) mass is 406 g/mol. The van der Waals surface area contributed by atoms with Crippen molar-refractivity contribution >= 4 is 35.2 Å². The van der Waals surface area contributed by atoms with Crippen molar-refractivity contribution in [3.63, 3.8) is 0 Å². The van der Waals surface area contributed by atoms with Crippen LogP contribution >= 0.6 is 11.6 Å². The lowest BCUT2D eigenvalue weighted by molar-refractivity contribution is -0.112. The molecular formula is C22H15ClN2O4. The SMILES string of the molecule is COC(=O)c1ccc(NC(=O)/C(C#N)=C\c2ccc(-c3ccc(Cl)cc3)o2)cc1. The molecule has 0 saturated heterocycles. The molecule has 0 radical (unpaired) electrons. The van der Waals surface area contributed by atoms with E-state index in [1.807, 2.05) is 18.2 Å². The van der Waals surface area contributed by atoms with Crippen LogP contribution in [0.4, 0.5) is 5.69 Å². The molecular weight excluding hydrogens is 392 g/mol. The Balaban J connectivity index is 1.74. The quantitative estimate of drug-likeness (QED) is 0.368. The molecule has 0 bridgehead atoms. The van der Waals surface area contributed by atoms with E-state index in [-0.39, 0.29) is 5.57 Å². The smallest absolute Gasteiger partial charge is 0.337 e. The number of nitriles is 1. The number of anilines is 1. The molecule has 2 aromatic carbocycles. The fourth-order valence-electron chi connectivity index (χ4n) is 2.50. The molecule has 0 aliphatic heterocycles. The Labute approximate surface area is 172 Å². The molecule has 0 unspecified atom stereocenters. The zero-order valence-corrected chi connectivity index (χ0v) is 16.1. The second kappa shape index (κ2) is 8.91. The van der Waals surface area contributed by atoms with Crippen LogP contribution in [0, 0.1) is 11.3 Å². The number of halogens is 1. The van der Waals surface area contributed by atoms with Gasteiger partial charge in [-0.3, -0.25) is 4.79 Å². The van der Waals surface area contributed by atoms with Gasteiger partial charge in [-0.15, -0.1) is 0 Å². The van der Waals surface area contributed by atoms with Crippen molar-refractivity contribution in [1.29, 1.82) is 5.26 Å². The Morgan fingerprint density at radius 2 is 1.76 bits per heavy atom. The molecule has 0 atom stereocenters. The van der Waals surface area contributed by atoms with Crippen LogP contribution in [0.2, 0.25) is 5.02 Å². The summed E-state index contributed by atoms with van der Waals surface area (Å²) in [5.74, 6) is -0.121. The molecule has 29 heavy (non-hydrogen) atoms. The molecule has 6 nitrogen and oxygen atoms in total. The van der Waals surface area contributed by atoms with E-state index >= 15 is 0 Å². The third-order valence-corrected chi connectivity index (χ3v) is 4.22. The van der Waals surface area contributed by atoms with Crippen LogP contribution in [0.15, 0.2) is 70.7 Å². The average molecular weight is 407 g/mol. The van der Waals surface area contributed by atoms with E-state index in [4.69, 9.17) is 16.0 Å². The number of carbonyl (C=O) groups excluding carboxylic acids is 2. The molecule has 0 spiro atoms. The first-order valence-corrected chi connectivity index (χ1v) is 8.85. The van der Waals surface area contributed by atoms with E-state index in [1.54, 1.807) is 36.4 Å². The van der Waals surface area contributed by atoms with Gasteiger partial charge in [0.15, 0.2) is 0 Å². The summed E-state index contributed by atoms with van der Waals surface area (Å²) in [5, 5.41) is 12.6. The Morgan fingerprint density at radius 3 is 2.38 bits per heavy atom. The van der Waals surface area contributed by atoms with E-state index in [2.05, 4.69) is 10.1 Å². The van der Waals surface area contributed by atoms with E-state index in [9.17, 15) is 14.9 Å². The van der Waals surface area contributed by atoms with Crippen LogP contribution in [0.5, 0.6) is 0 Å². The van der Waals surface area contributed by atoms with E-state index < -0.39 is 11.9 Å². The van der Waals surface area contributed by atoms with Gasteiger partial charge in [-0.1, -0.05) is 11.6 Å². The van der Waals surface area contributed by atoms with Gasteiger partial charge in [0.2, 0.25) is 0 Å². The van der Waals surface area contributed by atoms with E-state index in [1.165, 1.54) is 25.3 Å². The van der Waals surface area contributed by atoms with Crippen molar-refractivity contribution in [2.45, 2.75) is 0 Å². The molecule has 1 aromatic heterocycles. The number of amides is 1. The standard InChI is InChI=1S/C22H15ClN2O4/c1-28-22(27)15-4-8-18(9-5-15)25-21(26)16(13-24)12-19-10-11-20(29-19)14-2-6-17(23)7-3-14/h2-12H,1H3,(H,25,26)/b16-12-. The van der Waals surface area contributed by atoms with Crippen LogP contribution in [0.3, 0.4) is 0 Å². The lowest BCUT2D eigenvalue weighted by atomic mass is 10.2. The zero-order valence-electron chi connectivity index (χ0n) is 15.3. The molecule has 0 fully saturated rings. The average Bonchev–Trinajstić information content (AvgIpc) is 3.21. The number of ether oxygens (including phenoxy) is 1. The first kappa shape index (κ1) is 19.9. The molecule has 3 rings (SSSR count). The van der Waals surface area contributed by atoms with Gasteiger partial charge in [0.25, 0.3) is 5.91 Å². The largest absolute Gasteiger partial charge is 0.465 e. The molecule has 3 aromatic rings. The fourth-order valence-corrected chi connectivity index (χ4v) is 2.62. The molecule has 0 aliphatic carbocycles. The van der Waals surface area contributed by atoms with Gasteiger partial charge >= 0.3 is 5.97 Å². The number of hydrogen-bond acceptors (Lipinski definition) is 5. The first-order valence-electron chi connectivity index (χ1n) is 8.47. The number of carbonyl (C=O) groups is 2. The Morgan fingerprint density at radius 1 is 1.07 bits per heavy atom. The number of furan rings is 1. The van der Waals surface area contributed by atoms with Crippen molar-refractivity contribution in [1.82, 2.24) is 0 Å². The number of rotatable bonds is 5. The molecule has 1 heterocycles. The fraction of sp³-hybridized carbons (Fsp3) is 0.0455. The third kappa shape index (κ3) is 4.92. The summed E-state index contributed by atoms with van der Waals surface area (Å²) in [5.41, 5.74) is 1.48. The summed E-state index contributed by atoms with van der Waals surface area (Å²) in [7, 11) is 1.29. The minimum absolute atomic E-state index is 0.126. The molecule has 1 amide bonds.